The molecule has 0 aliphatic rings. The summed E-state index contributed by atoms with van der Waals surface area (Å²) in [6.45, 7) is 3.17. The highest BCUT2D eigenvalue weighted by Gasteiger charge is 2.58. The standard InChI is InChI=1S/C10H17F6NO/c1-3-5-6(17)7(4-2)18-8(9(11,12)13)10(14,15)16/h6-8H,3-5,17H2,1-2H3. The predicted molar refractivity (Wildman–Crippen MR) is 53.9 cm³/mol. The summed E-state index contributed by atoms with van der Waals surface area (Å²) in [5.74, 6) is 0. The van der Waals surface area contributed by atoms with Crippen LogP contribution < -0.4 is 5.73 Å². The second-order valence-corrected chi connectivity index (χ2v) is 4.00. The molecule has 0 heterocycles. The molecule has 110 valence electrons. The molecule has 0 aliphatic carbocycles. The molecule has 0 saturated heterocycles. The molecule has 2 unspecified atom stereocenters. The molecule has 0 bridgehead atoms. The summed E-state index contributed by atoms with van der Waals surface area (Å²) >= 11 is 0. The summed E-state index contributed by atoms with van der Waals surface area (Å²) < 4.78 is 77.8. The maximum absolute atomic E-state index is 12.3. The number of hydrogen-bond donors (Lipinski definition) is 1. The Bertz CT molecular complexity index is 226. The van der Waals surface area contributed by atoms with Gasteiger partial charge in [-0.3, -0.25) is 0 Å². The van der Waals surface area contributed by atoms with E-state index in [-0.39, 0.29) is 6.42 Å². The molecule has 0 rings (SSSR count). The molecule has 0 saturated carbocycles. The van der Waals surface area contributed by atoms with Crippen LogP contribution in [0.15, 0.2) is 0 Å². The minimum Gasteiger partial charge on any atom is -0.356 e. The van der Waals surface area contributed by atoms with E-state index >= 15 is 0 Å². The summed E-state index contributed by atoms with van der Waals surface area (Å²) in [4.78, 5) is 0. The molecule has 2 atom stereocenters. The zero-order chi connectivity index (χ0) is 14.6. The minimum atomic E-state index is -5.49. The van der Waals surface area contributed by atoms with Crippen LogP contribution in [-0.2, 0) is 4.74 Å². The topological polar surface area (TPSA) is 35.2 Å². The van der Waals surface area contributed by atoms with Crippen LogP contribution >= 0.6 is 0 Å². The fourth-order valence-corrected chi connectivity index (χ4v) is 1.53. The van der Waals surface area contributed by atoms with Crippen molar-refractivity contribution in [1.29, 1.82) is 0 Å². The van der Waals surface area contributed by atoms with Crippen LogP contribution in [0.4, 0.5) is 26.3 Å². The molecule has 0 aromatic carbocycles. The zero-order valence-corrected chi connectivity index (χ0v) is 10.1. The Balaban J connectivity index is 4.85. The van der Waals surface area contributed by atoms with E-state index in [1.807, 2.05) is 0 Å². The largest absolute Gasteiger partial charge is 0.423 e. The van der Waals surface area contributed by atoms with Crippen LogP contribution in [0.1, 0.15) is 33.1 Å². The van der Waals surface area contributed by atoms with Crippen molar-refractivity contribution < 1.29 is 31.1 Å². The van der Waals surface area contributed by atoms with Crippen molar-refractivity contribution in [3.8, 4) is 0 Å². The quantitative estimate of drug-likeness (QED) is 0.757. The maximum Gasteiger partial charge on any atom is 0.423 e. The van der Waals surface area contributed by atoms with Gasteiger partial charge in [-0.05, 0) is 12.8 Å². The van der Waals surface area contributed by atoms with Crippen molar-refractivity contribution in [2.24, 2.45) is 5.73 Å². The monoisotopic (exact) mass is 281 g/mol. The SMILES string of the molecule is CCCC(N)C(CC)OC(C(F)(F)F)C(F)(F)F. The lowest BCUT2D eigenvalue weighted by atomic mass is 10.0. The Hall–Kier alpha value is -0.500. The van der Waals surface area contributed by atoms with Gasteiger partial charge in [-0.25, -0.2) is 0 Å². The first-order valence-corrected chi connectivity index (χ1v) is 5.58. The van der Waals surface area contributed by atoms with Crippen LogP contribution in [0.3, 0.4) is 0 Å². The first-order chi connectivity index (χ1) is 8.04. The lowest BCUT2D eigenvalue weighted by molar-refractivity contribution is -0.332. The van der Waals surface area contributed by atoms with Gasteiger partial charge in [0.25, 0.3) is 0 Å². The maximum atomic E-state index is 12.3. The van der Waals surface area contributed by atoms with Gasteiger partial charge < -0.3 is 10.5 Å². The lowest BCUT2D eigenvalue weighted by Gasteiger charge is -2.30. The highest BCUT2D eigenvalue weighted by Crippen LogP contribution is 2.37. The summed E-state index contributed by atoms with van der Waals surface area (Å²) in [5.41, 5.74) is 5.51. The molecule has 0 fully saturated rings. The van der Waals surface area contributed by atoms with E-state index in [9.17, 15) is 26.3 Å². The average molecular weight is 281 g/mol. The average Bonchev–Trinajstić information content (AvgIpc) is 2.14. The minimum absolute atomic E-state index is 0.0101. The number of nitrogens with two attached hydrogens (primary N) is 1. The van der Waals surface area contributed by atoms with E-state index in [1.165, 1.54) is 6.92 Å². The molecule has 18 heavy (non-hydrogen) atoms. The van der Waals surface area contributed by atoms with E-state index in [0.717, 1.165) is 0 Å². The fourth-order valence-electron chi connectivity index (χ4n) is 1.53. The summed E-state index contributed by atoms with van der Waals surface area (Å²) in [7, 11) is 0. The van der Waals surface area contributed by atoms with Crippen LogP contribution in [-0.4, -0.2) is 30.6 Å². The molecule has 0 amide bonds. The fraction of sp³-hybridized carbons (Fsp3) is 1.00. The normalized spacial score (nSPS) is 17.0. The Kier molecular flexibility index (Phi) is 6.42. The van der Waals surface area contributed by atoms with Crippen molar-refractivity contribution in [2.45, 2.75) is 63.7 Å². The third kappa shape index (κ3) is 5.43. The predicted octanol–water partition coefficient (Wildman–Crippen LogP) is 3.40. The first-order valence-electron chi connectivity index (χ1n) is 5.58. The van der Waals surface area contributed by atoms with Crippen LogP contribution in [0.25, 0.3) is 0 Å². The van der Waals surface area contributed by atoms with Crippen molar-refractivity contribution >= 4 is 0 Å². The van der Waals surface area contributed by atoms with Gasteiger partial charge in [-0.15, -0.1) is 0 Å². The molecule has 0 aliphatic heterocycles. The van der Waals surface area contributed by atoms with Crippen molar-refractivity contribution in [2.75, 3.05) is 0 Å². The molecular formula is C10H17F6NO. The summed E-state index contributed by atoms with van der Waals surface area (Å²) in [6.07, 6.45) is -15.2. The third-order valence-corrected chi connectivity index (χ3v) is 2.41. The molecule has 0 aromatic rings. The third-order valence-electron chi connectivity index (χ3n) is 2.41. The summed E-state index contributed by atoms with van der Waals surface area (Å²) in [6, 6.07) is -0.841. The lowest BCUT2D eigenvalue weighted by Crippen LogP contribution is -2.49. The van der Waals surface area contributed by atoms with E-state index in [2.05, 4.69) is 4.74 Å². The van der Waals surface area contributed by atoms with Crippen molar-refractivity contribution in [3.63, 3.8) is 0 Å². The molecule has 0 spiro atoms. The zero-order valence-electron chi connectivity index (χ0n) is 10.1. The molecule has 0 aromatic heterocycles. The second-order valence-electron chi connectivity index (χ2n) is 4.00. The van der Waals surface area contributed by atoms with Gasteiger partial charge in [0.2, 0.25) is 6.10 Å². The van der Waals surface area contributed by atoms with Gasteiger partial charge in [0.15, 0.2) is 0 Å². The van der Waals surface area contributed by atoms with Crippen LogP contribution in [0.2, 0.25) is 0 Å². The number of ether oxygens (including phenoxy) is 1. The Labute approximate surface area is 101 Å². The molecule has 8 heteroatoms. The van der Waals surface area contributed by atoms with Crippen LogP contribution in [0.5, 0.6) is 0 Å². The second kappa shape index (κ2) is 6.60. The highest BCUT2D eigenvalue weighted by atomic mass is 19.4. The summed E-state index contributed by atoms with van der Waals surface area (Å²) in [5, 5.41) is 0. The number of rotatable bonds is 6. The van der Waals surface area contributed by atoms with E-state index < -0.39 is 30.6 Å². The van der Waals surface area contributed by atoms with E-state index in [0.29, 0.717) is 12.8 Å². The van der Waals surface area contributed by atoms with Crippen LogP contribution in [0, 0.1) is 0 Å². The van der Waals surface area contributed by atoms with Gasteiger partial charge in [0, 0.05) is 6.04 Å². The van der Waals surface area contributed by atoms with Gasteiger partial charge in [-0.2, -0.15) is 26.3 Å². The highest BCUT2D eigenvalue weighted by molar-refractivity contribution is 4.81. The Morgan fingerprint density at radius 1 is 1.00 bits per heavy atom. The molecular weight excluding hydrogens is 264 g/mol. The van der Waals surface area contributed by atoms with Crippen molar-refractivity contribution in [3.05, 3.63) is 0 Å². The van der Waals surface area contributed by atoms with Gasteiger partial charge in [0.05, 0.1) is 6.10 Å². The number of hydrogen-bond acceptors (Lipinski definition) is 2. The van der Waals surface area contributed by atoms with E-state index in [1.54, 1.807) is 6.92 Å². The van der Waals surface area contributed by atoms with E-state index in [4.69, 9.17) is 5.73 Å². The molecule has 0 radical (unpaired) electrons. The first kappa shape index (κ1) is 17.5. The number of halogens is 6. The molecule has 2 nitrogen and oxygen atoms in total. The smallest absolute Gasteiger partial charge is 0.356 e. The Morgan fingerprint density at radius 2 is 1.44 bits per heavy atom. The van der Waals surface area contributed by atoms with Gasteiger partial charge >= 0.3 is 12.4 Å². The number of alkyl halides is 6. The van der Waals surface area contributed by atoms with Gasteiger partial charge in [0.1, 0.15) is 0 Å². The Morgan fingerprint density at radius 3 is 1.72 bits per heavy atom. The van der Waals surface area contributed by atoms with Gasteiger partial charge in [-0.1, -0.05) is 20.3 Å². The molecule has 2 N–H and O–H groups in total. The van der Waals surface area contributed by atoms with Crippen molar-refractivity contribution in [1.82, 2.24) is 0 Å².